The van der Waals surface area contributed by atoms with Gasteiger partial charge in [-0.25, -0.2) is 4.79 Å². The van der Waals surface area contributed by atoms with Crippen LogP contribution in [0.4, 0.5) is 4.79 Å². The van der Waals surface area contributed by atoms with Crippen LogP contribution in [-0.4, -0.2) is 25.2 Å². The molecule has 17 heavy (non-hydrogen) atoms. The van der Waals surface area contributed by atoms with Gasteiger partial charge in [-0.3, -0.25) is 0 Å². The SMILES string of the molecule is Cc1ccc(CNC(=O)NC2CCNC2)cc1. The van der Waals surface area contributed by atoms with E-state index in [1.54, 1.807) is 0 Å². The van der Waals surface area contributed by atoms with E-state index >= 15 is 0 Å². The molecule has 0 aliphatic carbocycles. The molecule has 1 aliphatic rings. The highest BCUT2D eigenvalue weighted by molar-refractivity contribution is 5.74. The zero-order valence-electron chi connectivity index (χ0n) is 10.1. The lowest BCUT2D eigenvalue weighted by molar-refractivity contribution is 0.237. The number of rotatable bonds is 3. The van der Waals surface area contributed by atoms with Crippen LogP contribution in [0, 0.1) is 6.92 Å². The molecule has 1 aromatic carbocycles. The first-order valence-corrected chi connectivity index (χ1v) is 6.04. The molecule has 1 fully saturated rings. The minimum Gasteiger partial charge on any atom is -0.334 e. The second kappa shape index (κ2) is 5.68. The first-order valence-electron chi connectivity index (χ1n) is 6.04. The first kappa shape index (κ1) is 11.9. The number of aryl methyl sites for hydroxylation is 1. The average Bonchev–Trinajstić information content (AvgIpc) is 2.81. The molecule has 3 N–H and O–H groups in total. The predicted octanol–water partition coefficient (Wildman–Crippen LogP) is 1.16. The summed E-state index contributed by atoms with van der Waals surface area (Å²) in [6.45, 7) is 4.49. The van der Waals surface area contributed by atoms with Gasteiger partial charge in [-0.2, -0.15) is 0 Å². The molecule has 0 bridgehead atoms. The third-order valence-corrected chi connectivity index (χ3v) is 2.97. The van der Waals surface area contributed by atoms with Crippen molar-refractivity contribution in [3.05, 3.63) is 35.4 Å². The second-order valence-electron chi connectivity index (χ2n) is 4.50. The van der Waals surface area contributed by atoms with Crippen molar-refractivity contribution in [2.75, 3.05) is 13.1 Å². The van der Waals surface area contributed by atoms with Gasteiger partial charge < -0.3 is 16.0 Å². The van der Waals surface area contributed by atoms with Crippen LogP contribution in [0.25, 0.3) is 0 Å². The third kappa shape index (κ3) is 3.75. The van der Waals surface area contributed by atoms with E-state index in [0.29, 0.717) is 6.54 Å². The fourth-order valence-corrected chi connectivity index (χ4v) is 1.90. The van der Waals surface area contributed by atoms with Crippen LogP contribution in [0.3, 0.4) is 0 Å². The van der Waals surface area contributed by atoms with Gasteiger partial charge in [0.25, 0.3) is 0 Å². The van der Waals surface area contributed by atoms with Gasteiger partial charge in [-0.05, 0) is 25.5 Å². The van der Waals surface area contributed by atoms with Crippen molar-refractivity contribution in [3.63, 3.8) is 0 Å². The molecule has 0 radical (unpaired) electrons. The molecule has 1 heterocycles. The molecular weight excluding hydrogens is 214 g/mol. The minimum absolute atomic E-state index is 0.0840. The summed E-state index contributed by atoms with van der Waals surface area (Å²) in [6.07, 6.45) is 1.01. The maximum absolute atomic E-state index is 11.6. The van der Waals surface area contributed by atoms with Crippen LogP contribution in [-0.2, 0) is 6.54 Å². The molecule has 4 heteroatoms. The van der Waals surface area contributed by atoms with Gasteiger partial charge in [0.15, 0.2) is 0 Å². The molecule has 2 amide bonds. The highest BCUT2D eigenvalue weighted by Crippen LogP contribution is 2.02. The Labute approximate surface area is 102 Å². The number of hydrogen-bond acceptors (Lipinski definition) is 2. The zero-order valence-corrected chi connectivity index (χ0v) is 10.1. The van der Waals surface area contributed by atoms with Gasteiger partial charge in [0.2, 0.25) is 0 Å². The molecule has 1 saturated heterocycles. The largest absolute Gasteiger partial charge is 0.334 e. The predicted molar refractivity (Wildman–Crippen MR) is 67.8 cm³/mol. The molecule has 1 aliphatic heterocycles. The summed E-state index contributed by atoms with van der Waals surface area (Å²) in [6, 6.07) is 8.36. The van der Waals surface area contributed by atoms with E-state index in [1.165, 1.54) is 5.56 Å². The maximum Gasteiger partial charge on any atom is 0.315 e. The molecule has 1 atom stereocenters. The normalized spacial score (nSPS) is 19.0. The van der Waals surface area contributed by atoms with Gasteiger partial charge in [-0.15, -0.1) is 0 Å². The monoisotopic (exact) mass is 233 g/mol. The van der Waals surface area contributed by atoms with Crippen molar-refractivity contribution in [3.8, 4) is 0 Å². The average molecular weight is 233 g/mol. The molecule has 0 saturated carbocycles. The van der Waals surface area contributed by atoms with Gasteiger partial charge in [0.05, 0.1) is 0 Å². The minimum atomic E-state index is -0.0840. The number of amides is 2. The summed E-state index contributed by atoms with van der Waals surface area (Å²) in [5.74, 6) is 0. The smallest absolute Gasteiger partial charge is 0.315 e. The Morgan fingerprint density at radius 1 is 1.41 bits per heavy atom. The molecule has 1 aromatic rings. The number of hydrogen-bond donors (Lipinski definition) is 3. The molecule has 1 unspecified atom stereocenters. The summed E-state index contributed by atoms with van der Waals surface area (Å²) >= 11 is 0. The highest BCUT2D eigenvalue weighted by Gasteiger charge is 2.15. The first-order chi connectivity index (χ1) is 8.24. The Kier molecular flexibility index (Phi) is 3.98. The quantitative estimate of drug-likeness (QED) is 0.733. The van der Waals surface area contributed by atoms with E-state index in [1.807, 2.05) is 12.1 Å². The Morgan fingerprint density at radius 2 is 2.18 bits per heavy atom. The fourth-order valence-electron chi connectivity index (χ4n) is 1.90. The standard InChI is InChI=1S/C13H19N3O/c1-10-2-4-11(5-3-10)8-15-13(17)16-12-6-7-14-9-12/h2-5,12,14H,6-9H2,1H3,(H2,15,16,17). The summed E-state index contributed by atoms with van der Waals surface area (Å²) in [5, 5.41) is 9.03. The highest BCUT2D eigenvalue weighted by atomic mass is 16.2. The number of benzene rings is 1. The van der Waals surface area contributed by atoms with Gasteiger partial charge in [0.1, 0.15) is 0 Å². The topological polar surface area (TPSA) is 53.2 Å². The van der Waals surface area contributed by atoms with Gasteiger partial charge >= 0.3 is 6.03 Å². The molecule has 4 nitrogen and oxygen atoms in total. The summed E-state index contributed by atoms with van der Waals surface area (Å²) < 4.78 is 0. The lowest BCUT2D eigenvalue weighted by Gasteiger charge is -2.12. The van der Waals surface area contributed by atoms with Gasteiger partial charge in [-0.1, -0.05) is 29.8 Å². The molecule has 0 spiro atoms. The van der Waals surface area contributed by atoms with Crippen LogP contribution in [0.15, 0.2) is 24.3 Å². The maximum atomic E-state index is 11.6. The zero-order chi connectivity index (χ0) is 12.1. The van der Waals surface area contributed by atoms with Crippen LogP contribution in [0.2, 0.25) is 0 Å². The van der Waals surface area contributed by atoms with Crippen LogP contribution in [0.1, 0.15) is 17.5 Å². The molecule has 0 aromatic heterocycles. The van der Waals surface area contributed by atoms with E-state index in [2.05, 4.69) is 35.0 Å². The summed E-state index contributed by atoms with van der Waals surface area (Å²) in [4.78, 5) is 11.6. The Bertz CT molecular complexity index is 369. The third-order valence-electron chi connectivity index (χ3n) is 2.97. The van der Waals surface area contributed by atoms with E-state index in [-0.39, 0.29) is 12.1 Å². The van der Waals surface area contributed by atoms with Crippen molar-refractivity contribution in [1.29, 1.82) is 0 Å². The lowest BCUT2D eigenvalue weighted by atomic mass is 10.1. The van der Waals surface area contributed by atoms with Crippen molar-refractivity contribution in [2.45, 2.75) is 25.9 Å². The van der Waals surface area contributed by atoms with E-state index < -0.39 is 0 Å². The van der Waals surface area contributed by atoms with E-state index in [4.69, 9.17) is 0 Å². The molecule has 2 rings (SSSR count). The number of carbonyl (C=O) groups is 1. The number of urea groups is 1. The van der Waals surface area contributed by atoms with Crippen molar-refractivity contribution in [1.82, 2.24) is 16.0 Å². The number of nitrogens with one attached hydrogen (secondary N) is 3. The fraction of sp³-hybridized carbons (Fsp3) is 0.462. The van der Waals surface area contributed by atoms with E-state index in [0.717, 1.165) is 25.1 Å². The van der Waals surface area contributed by atoms with Crippen molar-refractivity contribution in [2.24, 2.45) is 0 Å². The van der Waals surface area contributed by atoms with Crippen molar-refractivity contribution >= 4 is 6.03 Å². The van der Waals surface area contributed by atoms with Crippen LogP contribution >= 0.6 is 0 Å². The lowest BCUT2D eigenvalue weighted by Crippen LogP contribution is -2.42. The Balaban J connectivity index is 1.73. The summed E-state index contributed by atoms with van der Waals surface area (Å²) in [7, 11) is 0. The van der Waals surface area contributed by atoms with E-state index in [9.17, 15) is 4.79 Å². The number of carbonyl (C=O) groups excluding carboxylic acids is 1. The Morgan fingerprint density at radius 3 is 2.82 bits per heavy atom. The van der Waals surface area contributed by atoms with Crippen molar-refractivity contribution < 1.29 is 4.79 Å². The van der Waals surface area contributed by atoms with Crippen LogP contribution in [0.5, 0.6) is 0 Å². The Hall–Kier alpha value is -1.55. The van der Waals surface area contributed by atoms with Gasteiger partial charge in [0, 0.05) is 19.1 Å². The summed E-state index contributed by atoms with van der Waals surface area (Å²) in [5.41, 5.74) is 2.35. The van der Waals surface area contributed by atoms with Crippen LogP contribution < -0.4 is 16.0 Å². The molecular formula is C13H19N3O. The molecule has 92 valence electrons. The second-order valence-corrected chi connectivity index (χ2v) is 4.50.